The lowest BCUT2D eigenvalue weighted by molar-refractivity contribution is 0.355. The van der Waals surface area contributed by atoms with Crippen LogP contribution in [-0.4, -0.2) is 39.9 Å². The van der Waals surface area contributed by atoms with E-state index in [2.05, 4.69) is 0 Å². The summed E-state index contributed by atoms with van der Waals surface area (Å²) in [6.45, 7) is 2.18. The minimum Gasteiger partial charge on any atom is -0.493 e. The van der Waals surface area contributed by atoms with E-state index in [4.69, 9.17) is 14.5 Å². The summed E-state index contributed by atoms with van der Waals surface area (Å²) >= 11 is 1.56. The molecule has 29 heavy (non-hydrogen) atoms. The molecule has 3 aromatic rings. The largest absolute Gasteiger partial charge is 0.493 e. The highest BCUT2D eigenvalue weighted by Crippen LogP contribution is 2.37. The Hall–Kier alpha value is -2.58. The Morgan fingerprint density at radius 1 is 1.07 bits per heavy atom. The van der Waals surface area contributed by atoms with Crippen molar-refractivity contribution in [3.05, 3.63) is 47.3 Å². The number of nitrogens with zero attached hydrogens (tertiary/aromatic N) is 2. The predicted molar refractivity (Wildman–Crippen MR) is 117 cm³/mol. The van der Waals surface area contributed by atoms with Crippen molar-refractivity contribution >= 4 is 27.0 Å². The molecule has 0 amide bonds. The first-order valence-electron chi connectivity index (χ1n) is 9.28. The molecule has 1 aliphatic rings. The van der Waals surface area contributed by atoms with Gasteiger partial charge in [0.05, 0.1) is 31.4 Å². The van der Waals surface area contributed by atoms with Gasteiger partial charge >= 0.3 is 0 Å². The zero-order valence-electron chi connectivity index (χ0n) is 16.5. The van der Waals surface area contributed by atoms with E-state index >= 15 is 0 Å². The van der Waals surface area contributed by atoms with Crippen molar-refractivity contribution in [3.8, 4) is 33.3 Å². The molecule has 4 rings (SSSR count). The molecule has 0 unspecified atom stereocenters. The van der Waals surface area contributed by atoms with Crippen LogP contribution in [-0.2, 0) is 16.4 Å². The number of hydrogen-bond donors (Lipinski definition) is 0. The molecule has 1 aliphatic heterocycles. The second-order valence-corrected chi connectivity index (χ2v) is 9.71. The molecule has 2 aromatic carbocycles. The topological polar surface area (TPSA) is 68.7 Å². The first-order chi connectivity index (χ1) is 14.0. The molecular weight excluding hydrogens is 408 g/mol. The van der Waals surface area contributed by atoms with E-state index in [0.29, 0.717) is 18.0 Å². The number of sulfonamides is 1. The number of aromatic nitrogens is 1. The van der Waals surface area contributed by atoms with Gasteiger partial charge in [-0.1, -0.05) is 6.07 Å². The third kappa shape index (κ3) is 3.58. The summed E-state index contributed by atoms with van der Waals surface area (Å²) in [5.41, 5.74) is 4.65. The number of rotatable bonds is 6. The van der Waals surface area contributed by atoms with Crippen molar-refractivity contribution in [1.29, 1.82) is 0 Å². The highest BCUT2D eigenvalue weighted by Gasteiger charge is 2.28. The van der Waals surface area contributed by atoms with Crippen molar-refractivity contribution in [2.24, 2.45) is 0 Å². The maximum absolute atomic E-state index is 12.3. The Morgan fingerprint density at radius 3 is 2.55 bits per heavy atom. The van der Waals surface area contributed by atoms with E-state index in [1.807, 2.05) is 41.8 Å². The molecule has 152 valence electrons. The van der Waals surface area contributed by atoms with Gasteiger partial charge in [-0.2, -0.15) is 0 Å². The fourth-order valence-electron chi connectivity index (χ4n) is 3.48. The van der Waals surface area contributed by atoms with Crippen LogP contribution in [0.4, 0.5) is 5.69 Å². The number of hydrogen-bond acceptors (Lipinski definition) is 6. The maximum atomic E-state index is 12.3. The van der Waals surface area contributed by atoms with Gasteiger partial charge in [-0.05, 0) is 49.2 Å². The SMILES string of the molecule is CCS(=O)(=O)N1CCc2cc(-c3csc(-c4ccc(OC)c(OC)c4)n3)ccc21. The summed E-state index contributed by atoms with van der Waals surface area (Å²) in [6.07, 6.45) is 0.717. The lowest BCUT2D eigenvalue weighted by atomic mass is 10.1. The third-order valence-electron chi connectivity index (χ3n) is 5.06. The van der Waals surface area contributed by atoms with Gasteiger partial charge in [0.25, 0.3) is 0 Å². The molecule has 0 fully saturated rings. The van der Waals surface area contributed by atoms with Crippen molar-refractivity contribution in [2.45, 2.75) is 13.3 Å². The van der Waals surface area contributed by atoms with Crippen LogP contribution in [0.2, 0.25) is 0 Å². The monoisotopic (exact) mass is 430 g/mol. The van der Waals surface area contributed by atoms with E-state index in [-0.39, 0.29) is 5.75 Å². The smallest absolute Gasteiger partial charge is 0.234 e. The van der Waals surface area contributed by atoms with Crippen molar-refractivity contribution < 1.29 is 17.9 Å². The summed E-state index contributed by atoms with van der Waals surface area (Å²) < 4.78 is 36.7. The fraction of sp³-hybridized carbons (Fsp3) is 0.286. The van der Waals surface area contributed by atoms with Crippen LogP contribution in [0, 0.1) is 0 Å². The zero-order chi connectivity index (χ0) is 20.6. The summed E-state index contributed by atoms with van der Waals surface area (Å²) in [5, 5.41) is 2.90. The lowest BCUT2D eigenvalue weighted by Gasteiger charge is -2.18. The third-order valence-corrected chi connectivity index (χ3v) is 7.74. The van der Waals surface area contributed by atoms with E-state index in [0.717, 1.165) is 39.5 Å². The van der Waals surface area contributed by atoms with E-state index in [1.165, 1.54) is 4.31 Å². The predicted octanol–water partition coefficient (Wildman–Crippen LogP) is 4.21. The molecule has 1 aromatic heterocycles. The van der Waals surface area contributed by atoms with Crippen LogP contribution >= 0.6 is 11.3 Å². The summed E-state index contributed by atoms with van der Waals surface area (Å²) in [6, 6.07) is 11.6. The number of methoxy groups -OCH3 is 2. The minimum absolute atomic E-state index is 0.106. The second-order valence-electron chi connectivity index (χ2n) is 6.67. The zero-order valence-corrected chi connectivity index (χ0v) is 18.1. The van der Waals surface area contributed by atoms with E-state index < -0.39 is 10.0 Å². The van der Waals surface area contributed by atoms with Crippen LogP contribution in [0.5, 0.6) is 11.5 Å². The first kappa shape index (κ1) is 19.7. The summed E-state index contributed by atoms with van der Waals surface area (Å²) in [5.74, 6) is 1.45. The van der Waals surface area contributed by atoms with E-state index in [9.17, 15) is 8.42 Å². The summed E-state index contributed by atoms with van der Waals surface area (Å²) in [4.78, 5) is 4.78. The van der Waals surface area contributed by atoms with Gasteiger partial charge in [0.1, 0.15) is 5.01 Å². The molecule has 0 N–H and O–H groups in total. The van der Waals surface area contributed by atoms with Gasteiger partial charge in [-0.25, -0.2) is 13.4 Å². The van der Waals surface area contributed by atoms with Crippen molar-refractivity contribution in [3.63, 3.8) is 0 Å². The minimum atomic E-state index is -3.24. The van der Waals surface area contributed by atoms with Crippen LogP contribution in [0.25, 0.3) is 21.8 Å². The average Bonchev–Trinajstić information content (AvgIpc) is 3.40. The molecule has 0 saturated carbocycles. The van der Waals surface area contributed by atoms with Gasteiger partial charge < -0.3 is 9.47 Å². The Bertz CT molecular complexity index is 1160. The average molecular weight is 431 g/mol. The van der Waals surface area contributed by atoms with Gasteiger partial charge in [-0.3, -0.25) is 4.31 Å². The molecule has 0 radical (unpaired) electrons. The number of ether oxygens (including phenoxy) is 2. The molecule has 0 atom stereocenters. The lowest BCUT2D eigenvalue weighted by Crippen LogP contribution is -2.30. The van der Waals surface area contributed by atoms with Gasteiger partial charge in [-0.15, -0.1) is 11.3 Å². The normalized spacial score (nSPS) is 13.4. The molecule has 8 heteroatoms. The molecule has 2 heterocycles. The first-order valence-corrected chi connectivity index (χ1v) is 11.8. The highest BCUT2D eigenvalue weighted by atomic mass is 32.2. The van der Waals surface area contributed by atoms with Crippen LogP contribution < -0.4 is 13.8 Å². The molecule has 6 nitrogen and oxygen atoms in total. The Labute approximate surface area is 174 Å². The van der Waals surface area contributed by atoms with E-state index in [1.54, 1.807) is 32.5 Å². The standard InChI is InChI=1S/C21H22N2O4S2/c1-4-29(24,25)23-10-9-15-11-14(5-7-18(15)23)17-13-28-21(22-17)16-6-8-19(26-2)20(12-16)27-3/h5-8,11-13H,4,9-10H2,1-3H3. The van der Waals surface area contributed by atoms with Crippen molar-refractivity contribution in [2.75, 3.05) is 30.8 Å². The molecular formula is C21H22N2O4S2. The fourth-order valence-corrected chi connectivity index (χ4v) is 5.47. The molecule has 0 bridgehead atoms. The molecule has 0 saturated heterocycles. The van der Waals surface area contributed by atoms with Crippen LogP contribution in [0.15, 0.2) is 41.8 Å². The van der Waals surface area contributed by atoms with Crippen LogP contribution in [0.1, 0.15) is 12.5 Å². The number of thiazole rings is 1. The molecule has 0 aliphatic carbocycles. The van der Waals surface area contributed by atoms with Crippen LogP contribution in [0.3, 0.4) is 0 Å². The summed E-state index contributed by atoms with van der Waals surface area (Å²) in [7, 11) is -0.0120. The van der Waals surface area contributed by atoms with Gasteiger partial charge in [0.15, 0.2) is 11.5 Å². The maximum Gasteiger partial charge on any atom is 0.234 e. The number of anilines is 1. The second kappa shape index (κ2) is 7.68. The number of benzene rings is 2. The Kier molecular flexibility index (Phi) is 5.23. The quantitative estimate of drug-likeness (QED) is 0.586. The van der Waals surface area contributed by atoms with Gasteiger partial charge in [0.2, 0.25) is 10.0 Å². The number of fused-ring (bicyclic) bond motifs is 1. The van der Waals surface area contributed by atoms with Gasteiger partial charge in [0, 0.05) is 23.1 Å². The van der Waals surface area contributed by atoms with Crippen molar-refractivity contribution in [1.82, 2.24) is 4.98 Å². The molecule has 0 spiro atoms. The Morgan fingerprint density at radius 2 is 1.83 bits per heavy atom. The highest BCUT2D eigenvalue weighted by molar-refractivity contribution is 7.92. The Balaban J connectivity index is 1.65.